The van der Waals surface area contributed by atoms with E-state index in [9.17, 15) is 14.3 Å². The van der Waals surface area contributed by atoms with Gasteiger partial charge in [0, 0.05) is 30.1 Å². The summed E-state index contributed by atoms with van der Waals surface area (Å²) in [6.07, 6.45) is 1.98. The fourth-order valence-corrected chi connectivity index (χ4v) is 4.95. The standard InChI is InChI=1S/C24H24FN3O2/c1-15-5-3-4-6-22(15)28-16(2)9-21(26-28)17-11-24(12-17)13-27(14-24)23(30)19-10-18(29)7-8-20(19)25/h3-10,17,29H,11-14H2,1-2H3. The van der Waals surface area contributed by atoms with E-state index in [1.165, 1.54) is 17.7 Å². The molecule has 1 N–H and O–H groups in total. The fraction of sp³-hybridized carbons (Fsp3) is 0.333. The molecule has 1 aliphatic heterocycles. The van der Waals surface area contributed by atoms with Gasteiger partial charge in [0.25, 0.3) is 5.91 Å². The van der Waals surface area contributed by atoms with Crippen molar-refractivity contribution in [2.45, 2.75) is 32.6 Å². The molecule has 1 spiro atoms. The van der Waals surface area contributed by atoms with Gasteiger partial charge in [-0.25, -0.2) is 9.07 Å². The fourth-order valence-electron chi connectivity index (χ4n) is 4.95. The van der Waals surface area contributed by atoms with Crippen LogP contribution in [0.3, 0.4) is 0 Å². The van der Waals surface area contributed by atoms with Crippen LogP contribution in [0.5, 0.6) is 5.75 Å². The zero-order valence-corrected chi connectivity index (χ0v) is 17.1. The number of phenols is 1. The molecule has 2 fully saturated rings. The number of phenolic OH excluding ortho intramolecular Hbond substituents is 1. The maximum atomic E-state index is 14.0. The molecule has 1 aromatic heterocycles. The van der Waals surface area contributed by atoms with Gasteiger partial charge < -0.3 is 10.0 Å². The molecular weight excluding hydrogens is 381 g/mol. The third-order valence-electron chi connectivity index (χ3n) is 6.55. The Balaban J connectivity index is 1.25. The quantitative estimate of drug-likeness (QED) is 0.705. The Kier molecular flexibility index (Phi) is 4.20. The van der Waals surface area contributed by atoms with Gasteiger partial charge in [-0.05, 0) is 62.6 Å². The van der Waals surface area contributed by atoms with Crippen LogP contribution in [0.1, 0.15) is 46.1 Å². The van der Waals surface area contributed by atoms with Gasteiger partial charge in [-0.15, -0.1) is 0 Å². The van der Waals surface area contributed by atoms with Crippen LogP contribution in [0, 0.1) is 25.1 Å². The van der Waals surface area contributed by atoms with Gasteiger partial charge in [-0.2, -0.15) is 5.10 Å². The van der Waals surface area contributed by atoms with Crippen LogP contribution >= 0.6 is 0 Å². The summed E-state index contributed by atoms with van der Waals surface area (Å²) in [4.78, 5) is 14.2. The highest BCUT2D eigenvalue weighted by Crippen LogP contribution is 2.56. The number of carbonyl (C=O) groups excluding carboxylic acids is 1. The van der Waals surface area contributed by atoms with Gasteiger partial charge in [0.15, 0.2) is 0 Å². The first-order chi connectivity index (χ1) is 14.3. The first kappa shape index (κ1) is 18.9. The van der Waals surface area contributed by atoms with Crippen molar-refractivity contribution in [3.63, 3.8) is 0 Å². The van der Waals surface area contributed by atoms with E-state index in [1.54, 1.807) is 4.90 Å². The van der Waals surface area contributed by atoms with E-state index in [-0.39, 0.29) is 22.6 Å². The second-order valence-corrected chi connectivity index (χ2v) is 8.84. The lowest BCUT2D eigenvalue weighted by Crippen LogP contribution is -2.63. The van der Waals surface area contributed by atoms with E-state index in [4.69, 9.17) is 5.10 Å². The van der Waals surface area contributed by atoms with Crippen molar-refractivity contribution in [3.8, 4) is 11.4 Å². The molecule has 2 heterocycles. The lowest BCUT2D eigenvalue weighted by molar-refractivity contribution is -0.0563. The Morgan fingerprint density at radius 2 is 1.87 bits per heavy atom. The Morgan fingerprint density at radius 3 is 2.60 bits per heavy atom. The number of carbonyl (C=O) groups is 1. The Morgan fingerprint density at radius 1 is 1.13 bits per heavy atom. The number of amides is 1. The molecular formula is C24H24FN3O2. The molecule has 0 bridgehead atoms. The number of halogens is 1. The predicted octanol–water partition coefficient (Wildman–Crippen LogP) is 4.35. The maximum absolute atomic E-state index is 14.0. The molecule has 1 aliphatic carbocycles. The molecule has 0 unspecified atom stereocenters. The van der Waals surface area contributed by atoms with Crippen LogP contribution in [0.2, 0.25) is 0 Å². The van der Waals surface area contributed by atoms with E-state index in [1.807, 2.05) is 16.8 Å². The van der Waals surface area contributed by atoms with Crippen molar-refractivity contribution in [2.24, 2.45) is 5.41 Å². The number of benzene rings is 2. The molecule has 0 radical (unpaired) electrons. The third kappa shape index (κ3) is 2.98. The maximum Gasteiger partial charge on any atom is 0.257 e. The van der Waals surface area contributed by atoms with Gasteiger partial charge in [0.1, 0.15) is 11.6 Å². The highest BCUT2D eigenvalue weighted by atomic mass is 19.1. The molecule has 5 nitrogen and oxygen atoms in total. The average Bonchev–Trinajstić information content (AvgIpc) is 3.03. The molecule has 5 rings (SSSR count). The summed E-state index contributed by atoms with van der Waals surface area (Å²) < 4.78 is 16.0. The van der Waals surface area contributed by atoms with Gasteiger partial charge in [-0.1, -0.05) is 18.2 Å². The second-order valence-electron chi connectivity index (χ2n) is 8.84. The minimum absolute atomic E-state index is 0.0617. The normalized spacial score (nSPS) is 17.6. The van der Waals surface area contributed by atoms with Crippen molar-refractivity contribution < 1.29 is 14.3 Å². The number of aryl methyl sites for hydroxylation is 2. The average molecular weight is 405 g/mol. The zero-order valence-electron chi connectivity index (χ0n) is 17.1. The summed E-state index contributed by atoms with van der Waals surface area (Å²) in [5.74, 6) is -0.651. The largest absolute Gasteiger partial charge is 0.508 e. The molecule has 1 saturated heterocycles. The van der Waals surface area contributed by atoms with Crippen molar-refractivity contribution in [3.05, 3.63) is 76.9 Å². The van der Waals surface area contributed by atoms with Crippen LogP contribution in [-0.2, 0) is 0 Å². The molecule has 1 amide bonds. The number of rotatable bonds is 3. The topological polar surface area (TPSA) is 58.4 Å². The highest BCUT2D eigenvalue weighted by Gasteiger charge is 2.54. The van der Waals surface area contributed by atoms with Gasteiger partial charge >= 0.3 is 0 Å². The molecule has 1 saturated carbocycles. The van der Waals surface area contributed by atoms with E-state index in [2.05, 4.69) is 32.0 Å². The van der Waals surface area contributed by atoms with Crippen molar-refractivity contribution >= 4 is 5.91 Å². The van der Waals surface area contributed by atoms with Crippen LogP contribution in [0.4, 0.5) is 4.39 Å². The number of hydrogen-bond donors (Lipinski definition) is 1. The van der Waals surface area contributed by atoms with Crippen molar-refractivity contribution in [1.82, 2.24) is 14.7 Å². The third-order valence-corrected chi connectivity index (χ3v) is 6.55. The smallest absolute Gasteiger partial charge is 0.257 e. The summed E-state index contributed by atoms with van der Waals surface area (Å²) in [5.41, 5.74) is 4.56. The number of para-hydroxylation sites is 1. The Bertz CT molecular complexity index is 1140. The summed E-state index contributed by atoms with van der Waals surface area (Å²) in [7, 11) is 0. The van der Waals surface area contributed by atoms with Gasteiger partial charge in [-0.3, -0.25) is 4.79 Å². The number of hydrogen-bond acceptors (Lipinski definition) is 3. The Hall–Kier alpha value is -3.15. The number of aromatic nitrogens is 2. The van der Waals surface area contributed by atoms with E-state index in [0.717, 1.165) is 36.0 Å². The van der Waals surface area contributed by atoms with E-state index in [0.29, 0.717) is 19.0 Å². The van der Waals surface area contributed by atoms with Crippen molar-refractivity contribution in [2.75, 3.05) is 13.1 Å². The molecule has 6 heteroatoms. The Labute approximate surface area is 174 Å². The first-order valence-electron chi connectivity index (χ1n) is 10.3. The summed E-state index contributed by atoms with van der Waals surface area (Å²) >= 11 is 0. The summed E-state index contributed by atoms with van der Waals surface area (Å²) in [6.45, 7) is 5.43. The lowest BCUT2D eigenvalue weighted by atomic mass is 9.57. The molecule has 30 heavy (non-hydrogen) atoms. The van der Waals surface area contributed by atoms with E-state index >= 15 is 0 Å². The minimum Gasteiger partial charge on any atom is -0.508 e. The van der Waals surface area contributed by atoms with Crippen LogP contribution in [-0.4, -0.2) is 38.8 Å². The molecule has 3 aromatic rings. The first-order valence-corrected chi connectivity index (χ1v) is 10.3. The summed E-state index contributed by atoms with van der Waals surface area (Å²) in [6, 6.07) is 14.0. The zero-order chi connectivity index (χ0) is 21.0. The van der Waals surface area contributed by atoms with Gasteiger partial charge in [0.2, 0.25) is 0 Å². The molecule has 2 aromatic carbocycles. The highest BCUT2D eigenvalue weighted by molar-refractivity contribution is 5.95. The lowest BCUT2D eigenvalue weighted by Gasteiger charge is -2.58. The van der Waals surface area contributed by atoms with Crippen molar-refractivity contribution in [1.29, 1.82) is 0 Å². The monoisotopic (exact) mass is 405 g/mol. The predicted molar refractivity (Wildman–Crippen MR) is 111 cm³/mol. The minimum atomic E-state index is -0.595. The van der Waals surface area contributed by atoms with Crippen LogP contribution in [0.25, 0.3) is 5.69 Å². The summed E-state index contributed by atoms with van der Waals surface area (Å²) in [5, 5.41) is 14.4. The van der Waals surface area contributed by atoms with E-state index < -0.39 is 5.82 Å². The number of nitrogens with zero attached hydrogens (tertiary/aromatic N) is 3. The molecule has 0 atom stereocenters. The SMILES string of the molecule is Cc1ccccc1-n1nc(C2CC3(C2)CN(C(=O)c2cc(O)ccc2F)C3)cc1C. The van der Waals surface area contributed by atoms with Crippen LogP contribution < -0.4 is 0 Å². The number of aromatic hydroxyl groups is 1. The number of likely N-dealkylation sites (tertiary alicyclic amines) is 1. The second kappa shape index (κ2) is 6.69. The van der Waals surface area contributed by atoms with Gasteiger partial charge in [0.05, 0.1) is 16.9 Å². The van der Waals surface area contributed by atoms with Crippen LogP contribution in [0.15, 0.2) is 48.5 Å². The molecule has 154 valence electrons. The molecule has 2 aliphatic rings.